The van der Waals surface area contributed by atoms with Crippen molar-refractivity contribution in [3.05, 3.63) is 83.4 Å². The van der Waals surface area contributed by atoms with Crippen molar-refractivity contribution >= 4 is 38.9 Å². The zero-order valence-corrected chi connectivity index (χ0v) is 22.0. The highest BCUT2D eigenvalue weighted by atomic mass is 35.5. The number of amides is 1. The number of benzene rings is 3. The minimum atomic E-state index is -3.97. The van der Waals surface area contributed by atoms with Crippen LogP contribution in [-0.2, 0) is 14.8 Å². The van der Waals surface area contributed by atoms with Gasteiger partial charge in [-0.1, -0.05) is 35.4 Å². The lowest BCUT2D eigenvalue weighted by atomic mass is 10.2. The summed E-state index contributed by atoms with van der Waals surface area (Å²) in [6, 6.07) is 21.0. The molecule has 1 fully saturated rings. The van der Waals surface area contributed by atoms with Gasteiger partial charge in [0.05, 0.1) is 17.2 Å². The number of nitrogens with zero attached hydrogens (tertiary/aromatic N) is 3. The second-order valence-electron chi connectivity index (χ2n) is 8.60. The number of hydrogen-bond donors (Lipinski definition) is 0. The monoisotopic (exact) mass is 527 g/mol. The molecule has 190 valence electrons. The van der Waals surface area contributed by atoms with Gasteiger partial charge in [-0.2, -0.15) is 0 Å². The van der Waals surface area contributed by atoms with Crippen molar-refractivity contribution in [3.8, 4) is 5.75 Å². The molecule has 1 aliphatic rings. The third-order valence-electron chi connectivity index (χ3n) is 6.13. The Balaban J connectivity index is 1.54. The first-order chi connectivity index (χ1) is 17.3. The van der Waals surface area contributed by atoms with E-state index in [4.69, 9.17) is 16.3 Å². The lowest BCUT2D eigenvalue weighted by Gasteiger charge is -2.37. The fraction of sp³-hybridized carbons (Fsp3) is 0.296. The quantitative estimate of drug-likeness (QED) is 0.428. The van der Waals surface area contributed by atoms with Crippen LogP contribution in [-0.4, -0.2) is 58.6 Å². The molecule has 0 spiro atoms. The van der Waals surface area contributed by atoms with Crippen LogP contribution in [0.15, 0.2) is 77.7 Å². The van der Waals surface area contributed by atoms with Crippen LogP contribution in [0, 0.1) is 6.92 Å². The van der Waals surface area contributed by atoms with E-state index in [0.717, 1.165) is 11.3 Å². The van der Waals surface area contributed by atoms with Crippen LogP contribution in [0.25, 0.3) is 0 Å². The van der Waals surface area contributed by atoms with E-state index in [1.54, 1.807) is 53.4 Å². The maximum absolute atomic E-state index is 13.6. The Bertz CT molecular complexity index is 1290. The first-order valence-corrected chi connectivity index (χ1v) is 13.7. The third-order valence-corrected chi connectivity index (χ3v) is 8.15. The Kier molecular flexibility index (Phi) is 8.06. The summed E-state index contributed by atoms with van der Waals surface area (Å²) in [6.07, 6.45) is 0. The number of ether oxygens (including phenoxy) is 1. The molecule has 4 rings (SSSR count). The lowest BCUT2D eigenvalue weighted by Crippen LogP contribution is -2.52. The van der Waals surface area contributed by atoms with Crippen molar-refractivity contribution in [3.63, 3.8) is 0 Å². The molecule has 0 saturated carbocycles. The van der Waals surface area contributed by atoms with Crippen LogP contribution in [0.2, 0.25) is 5.02 Å². The minimum absolute atomic E-state index is 0.139. The number of carbonyl (C=O) groups is 1. The van der Waals surface area contributed by atoms with Gasteiger partial charge in [0.1, 0.15) is 12.3 Å². The standard InChI is InChI=1S/C27H30ClN3O4S/c1-3-35-25-11-9-23(10-12-25)31(36(33,34)26-13-7-21(2)8-14-26)20-27(32)30-17-15-29(16-18-30)24-6-4-5-22(28)19-24/h4-14,19H,3,15-18,20H2,1-2H3. The Morgan fingerprint density at radius 3 is 2.25 bits per heavy atom. The topological polar surface area (TPSA) is 70.2 Å². The predicted molar refractivity (Wildman–Crippen MR) is 144 cm³/mol. The number of anilines is 2. The number of hydrogen-bond acceptors (Lipinski definition) is 5. The molecule has 1 aliphatic heterocycles. The van der Waals surface area contributed by atoms with E-state index < -0.39 is 10.0 Å². The summed E-state index contributed by atoms with van der Waals surface area (Å²) in [4.78, 5) is 17.4. The van der Waals surface area contributed by atoms with Gasteiger partial charge in [0, 0.05) is 36.9 Å². The van der Waals surface area contributed by atoms with Crippen LogP contribution in [0.1, 0.15) is 12.5 Å². The normalized spacial score (nSPS) is 14.0. The molecule has 0 bridgehead atoms. The summed E-state index contributed by atoms with van der Waals surface area (Å²) in [5.74, 6) is 0.391. The predicted octanol–water partition coefficient (Wildman–Crippen LogP) is 4.59. The second-order valence-corrected chi connectivity index (χ2v) is 10.9. The van der Waals surface area contributed by atoms with Crippen LogP contribution in [0.4, 0.5) is 11.4 Å². The largest absolute Gasteiger partial charge is 0.494 e. The molecule has 0 atom stereocenters. The maximum atomic E-state index is 13.6. The molecule has 3 aromatic rings. The Morgan fingerprint density at radius 1 is 0.972 bits per heavy atom. The molecule has 7 nitrogen and oxygen atoms in total. The first kappa shape index (κ1) is 25.9. The molecule has 0 N–H and O–H groups in total. The highest BCUT2D eigenvalue weighted by molar-refractivity contribution is 7.92. The van der Waals surface area contributed by atoms with Gasteiger partial charge in [-0.25, -0.2) is 8.42 Å². The molecule has 0 aliphatic carbocycles. The number of rotatable bonds is 8. The van der Waals surface area contributed by atoms with Gasteiger partial charge in [0.25, 0.3) is 10.0 Å². The van der Waals surface area contributed by atoms with Gasteiger partial charge < -0.3 is 14.5 Å². The van der Waals surface area contributed by atoms with Gasteiger partial charge in [-0.15, -0.1) is 0 Å². The first-order valence-electron chi connectivity index (χ1n) is 11.9. The number of sulfonamides is 1. The SMILES string of the molecule is CCOc1ccc(N(CC(=O)N2CCN(c3cccc(Cl)c3)CC2)S(=O)(=O)c2ccc(C)cc2)cc1. The molecule has 9 heteroatoms. The summed E-state index contributed by atoms with van der Waals surface area (Å²) >= 11 is 6.13. The summed E-state index contributed by atoms with van der Waals surface area (Å²) in [5.41, 5.74) is 2.37. The Morgan fingerprint density at radius 2 is 1.64 bits per heavy atom. The highest BCUT2D eigenvalue weighted by Gasteiger charge is 2.30. The summed E-state index contributed by atoms with van der Waals surface area (Å²) in [6.45, 7) is 6.26. The number of carbonyl (C=O) groups excluding carboxylic acids is 1. The van der Waals surface area contributed by atoms with Gasteiger partial charge in [0.15, 0.2) is 0 Å². The zero-order chi connectivity index (χ0) is 25.7. The van der Waals surface area contributed by atoms with Gasteiger partial charge in [0.2, 0.25) is 5.91 Å². The van der Waals surface area contributed by atoms with Crippen molar-refractivity contribution in [1.82, 2.24) is 4.90 Å². The molecular formula is C27H30ClN3O4S. The van der Waals surface area contributed by atoms with Crippen LogP contribution < -0.4 is 13.9 Å². The van der Waals surface area contributed by atoms with Crippen LogP contribution >= 0.6 is 11.6 Å². The fourth-order valence-electron chi connectivity index (χ4n) is 4.14. The van der Waals surface area contributed by atoms with Crippen LogP contribution in [0.3, 0.4) is 0 Å². The second kappa shape index (κ2) is 11.2. The van der Waals surface area contributed by atoms with E-state index >= 15 is 0 Å². The Hall–Kier alpha value is -3.23. The van der Waals surface area contributed by atoms with E-state index in [0.29, 0.717) is 49.2 Å². The smallest absolute Gasteiger partial charge is 0.264 e. The molecule has 1 heterocycles. The van der Waals surface area contributed by atoms with Crippen LogP contribution in [0.5, 0.6) is 5.75 Å². The van der Waals surface area contributed by atoms with Crippen molar-refractivity contribution in [2.24, 2.45) is 0 Å². The summed E-state index contributed by atoms with van der Waals surface area (Å²) in [5, 5.41) is 0.665. The van der Waals surface area contributed by atoms with E-state index in [9.17, 15) is 13.2 Å². The van der Waals surface area contributed by atoms with E-state index in [1.165, 1.54) is 4.31 Å². The molecule has 0 aromatic heterocycles. The van der Waals surface area contributed by atoms with Gasteiger partial charge >= 0.3 is 0 Å². The van der Waals surface area contributed by atoms with E-state index in [2.05, 4.69) is 4.90 Å². The summed E-state index contributed by atoms with van der Waals surface area (Å²) in [7, 11) is -3.97. The van der Waals surface area contributed by atoms with E-state index in [1.807, 2.05) is 38.1 Å². The van der Waals surface area contributed by atoms with E-state index in [-0.39, 0.29) is 17.3 Å². The van der Waals surface area contributed by atoms with Crippen molar-refractivity contribution in [1.29, 1.82) is 0 Å². The molecule has 1 amide bonds. The molecule has 0 radical (unpaired) electrons. The van der Waals surface area contributed by atoms with Gasteiger partial charge in [-0.3, -0.25) is 9.10 Å². The molecule has 36 heavy (non-hydrogen) atoms. The average molecular weight is 528 g/mol. The lowest BCUT2D eigenvalue weighted by molar-refractivity contribution is -0.129. The van der Waals surface area contributed by atoms with Crippen molar-refractivity contribution < 1.29 is 17.9 Å². The molecular weight excluding hydrogens is 498 g/mol. The molecule has 0 unspecified atom stereocenters. The molecule has 1 saturated heterocycles. The minimum Gasteiger partial charge on any atom is -0.494 e. The Labute approximate surface area is 217 Å². The van der Waals surface area contributed by atoms with Gasteiger partial charge in [-0.05, 0) is 68.4 Å². The third kappa shape index (κ3) is 5.94. The van der Waals surface area contributed by atoms with Crippen molar-refractivity contribution in [2.75, 3.05) is 48.5 Å². The maximum Gasteiger partial charge on any atom is 0.264 e. The number of halogens is 1. The highest BCUT2D eigenvalue weighted by Crippen LogP contribution is 2.27. The molecule has 3 aromatic carbocycles. The number of piperazine rings is 1. The zero-order valence-electron chi connectivity index (χ0n) is 20.4. The van der Waals surface area contributed by atoms with Crippen molar-refractivity contribution in [2.45, 2.75) is 18.7 Å². The fourth-order valence-corrected chi connectivity index (χ4v) is 5.74. The average Bonchev–Trinajstić information content (AvgIpc) is 2.88. The number of aryl methyl sites for hydroxylation is 1. The summed E-state index contributed by atoms with van der Waals surface area (Å²) < 4.78 is 34.0.